The number of aromatic nitrogens is 1. The number of fused-ring (bicyclic) bond motifs is 1. The van der Waals surface area contributed by atoms with Gasteiger partial charge in [-0.05, 0) is 41.3 Å². The largest absolute Gasteiger partial charge is 0.286 e. The van der Waals surface area contributed by atoms with E-state index in [1.54, 1.807) is 0 Å². The van der Waals surface area contributed by atoms with Crippen molar-refractivity contribution in [2.24, 2.45) is 0 Å². The van der Waals surface area contributed by atoms with Gasteiger partial charge in [-0.2, -0.15) is 0 Å². The lowest BCUT2D eigenvalue weighted by atomic mass is 9.87. The molecule has 1 aliphatic rings. The van der Waals surface area contributed by atoms with Crippen LogP contribution >= 0.6 is 11.9 Å². The Labute approximate surface area is 192 Å². The highest BCUT2D eigenvalue weighted by molar-refractivity contribution is 7.97. The molecule has 32 heavy (non-hydrogen) atoms. The molecule has 5 rings (SSSR count). The second-order valence-electron chi connectivity index (χ2n) is 6.98. The summed E-state index contributed by atoms with van der Waals surface area (Å²) in [5, 5.41) is 0. The zero-order valence-electron chi connectivity index (χ0n) is 18.0. The van der Waals surface area contributed by atoms with Crippen LogP contribution in [0, 0.1) is 0 Å². The molecule has 4 heteroatoms. The van der Waals surface area contributed by atoms with Crippen molar-refractivity contribution in [1.82, 2.24) is 3.97 Å². The fraction of sp³-hybridized carbons (Fsp3) is 0.0714. The molecule has 3 nitrogen and oxygen atoms in total. The summed E-state index contributed by atoms with van der Waals surface area (Å²) in [6.45, 7) is 4.00. The first-order valence-electron chi connectivity index (χ1n) is 10.6. The highest BCUT2D eigenvalue weighted by Crippen LogP contribution is 2.41. The Kier molecular flexibility index (Phi) is 6.52. The number of ketones is 2. The normalized spacial score (nSPS) is 12.5. The third-order valence-corrected chi connectivity index (χ3v) is 6.04. The van der Waals surface area contributed by atoms with Crippen molar-refractivity contribution in [1.29, 1.82) is 0 Å². The highest BCUT2D eigenvalue weighted by Gasteiger charge is 2.33. The SMILES string of the molecule is CC.O=C1C=C(c2ccccc2)c2c(c(-c3ccccc3)cn2Sc2ccccc2)C1=O. The molecule has 0 saturated carbocycles. The number of benzene rings is 3. The second kappa shape index (κ2) is 9.67. The minimum atomic E-state index is -0.485. The van der Waals surface area contributed by atoms with E-state index in [1.807, 2.05) is 115 Å². The maximum atomic E-state index is 13.0. The van der Waals surface area contributed by atoms with Crippen molar-refractivity contribution in [2.45, 2.75) is 18.7 Å². The van der Waals surface area contributed by atoms with E-state index < -0.39 is 11.6 Å². The van der Waals surface area contributed by atoms with Gasteiger partial charge in [-0.25, -0.2) is 0 Å². The van der Waals surface area contributed by atoms with Crippen molar-refractivity contribution >= 4 is 29.1 Å². The molecule has 0 bridgehead atoms. The van der Waals surface area contributed by atoms with Crippen LogP contribution in [0.4, 0.5) is 0 Å². The van der Waals surface area contributed by atoms with Gasteiger partial charge in [0.15, 0.2) is 0 Å². The summed E-state index contributed by atoms with van der Waals surface area (Å²) in [4.78, 5) is 26.7. The lowest BCUT2D eigenvalue weighted by Gasteiger charge is -2.17. The van der Waals surface area contributed by atoms with Gasteiger partial charge in [0.1, 0.15) is 0 Å². The van der Waals surface area contributed by atoms with Gasteiger partial charge >= 0.3 is 0 Å². The summed E-state index contributed by atoms with van der Waals surface area (Å²) in [6.07, 6.45) is 3.43. The Hall–Kier alpha value is -3.63. The van der Waals surface area contributed by atoms with E-state index >= 15 is 0 Å². The Balaban J connectivity index is 0.00000119. The third kappa shape index (κ3) is 4.10. The molecule has 0 unspecified atom stereocenters. The fourth-order valence-electron chi connectivity index (χ4n) is 3.70. The van der Waals surface area contributed by atoms with Crippen LogP contribution in [-0.2, 0) is 4.79 Å². The molecule has 1 aliphatic carbocycles. The van der Waals surface area contributed by atoms with Gasteiger partial charge in [-0.1, -0.05) is 92.7 Å². The Morgan fingerprint density at radius 1 is 0.688 bits per heavy atom. The number of allylic oxidation sites excluding steroid dienone is 1. The van der Waals surface area contributed by atoms with Crippen LogP contribution in [0.25, 0.3) is 16.7 Å². The average molecular weight is 438 g/mol. The van der Waals surface area contributed by atoms with Crippen LogP contribution in [0.15, 0.2) is 108 Å². The predicted octanol–water partition coefficient (Wildman–Crippen LogP) is 6.93. The van der Waals surface area contributed by atoms with Gasteiger partial charge in [-0.3, -0.25) is 13.6 Å². The number of Topliss-reactive ketones (excluding diaryl/α,β-unsaturated/α-hetero) is 1. The standard InChI is InChI=1S/C26H17NO2S.C2H6/c28-23-16-21(18-10-4-1-5-11-18)25-24(26(23)29)22(19-12-6-2-7-13-19)17-27(25)30-20-14-8-3-9-15-20;1-2/h1-17H;1-2H3. The molecule has 0 N–H and O–H groups in total. The van der Waals surface area contributed by atoms with Crippen molar-refractivity contribution in [2.75, 3.05) is 0 Å². The number of nitrogens with zero attached hydrogens (tertiary/aromatic N) is 1. The van der Waals surface area contributed by atoms with E-state index in [4.69, 9.17) is 0 Å². The minimum absolute atomic E-state index is 0.462. The van der Waals surface area contributed by atoms with Crippen molar-refractivity contribution in [3.63, 3.8) is 0 Å². The molecule has 4 aromatic rings. The first-order valence-corrected chi connectivity index (χ1v) is 11.4. The van der Waals surface area contributed by atoms with E-state index in [1.165, 1.54) is 18.0 Å². The van der Waals surface area contributed by atoms with Crippen molar-refractivity contribution in [3.8, 4) is 11.1 Å². The summed E-state index contributed by atoms with van der Waals surface area (Å²) < 4.78 is 2.01. The van der Waals surface area contributed by atoms with Gasteiger partial charge in [-0.15, -0.1) is 0 Å². The maximum absolute atomic E-state index is 13.0. The molecule has 1 heterocycles. The minimum Gasteiger partial charge on any atom is -0.286 e. The predicted molar refractivity (Wildman–Crippen MR) is 132 cm³/mol. The molecule has 0 aliphatic heterocycles. The summed E-state index contributed by atoms with van der Waals surface area (Å²) in [5.41, 5.74) is 4.59. The fourth-order valence-corrected chi connectivity index (χ4v) is 4.64. The van der Waals surface area contributed by atoms with Gasteiger partial charge < -0.3 is 0 Å². The van der Waals surface area contributed by atoms with Gasteiger partial charge in [0, 0.05) is 22.2 Å². The van der Waals surface area contributed by atoms with E-state index in [-0.39, 0.29) is 0 Å². The second-order valence-corrected chi connectivity index (χ2v) is 8.03. The Morgan fingerprint density at radius 3 is 1.81 bits per heavy atom. The van der Waals surface area contributed by atoms with Crippen LogP contribution in [0.2, 0.25) is 0 Å². The molecule has 0 spiro atoms. The van der Waals surface area contributed by atoms with Crippen LogP contribution in [0.1, 0.15) is 35.5 Å². The monoisotopic (exact) mass is 437 g/mol. The summed E-state index contributed by atoms with van der Waals surface area (Å²) in [6, 6.07) is 29.5. The number of rotatable bonds is 4. The van der Waals surface area contributed by atoms with E-state index in [0.29, 0.717) is 5.56 Å². The van der Waals surface area contributed by atoms with Gasteiger partial charge in [0.05, 0.1) is 11.3 Å². The topological polar surface area (TPSA) is 39.1 Å². The summed E-state index contributed by atoms with van der Waals surface area (Å²) >= 11 is 1.53. The van der Waals surface area contributed by atoms with Gasteiger partial charge in [0.25, 0.3) is 0 Å². The number of carbonyl (C=O) groups is 2. The van der Waals surface area contributed by atoms with Crippen LogP contribution in [0.5, 0.6) is 0 Å². The maximum Gasteiger partial charge on any atom is 0.235 e. The van der Waals surface area contributed by atoms with E-state index in [9.17, 15) is 9.59 Å². The Bertz CT molecular complexity index is 1270. The first kappa shape index (κ1) is 21.6. The molecule has 158 valence electrons. The van der Waals surface area contributed by atoms with Crippen molar-refractivity contribution < 1.29 is 9.59 Å². The Morgan fingerprint density at radius 2 is 1.22 bits per heavy atom. The lowest BCUT2D eigenvalue weighted by Crippen LogP contribution is -2.19. The molecule has 0 atom stereocenters. The molecular weight excluding hydrogens is 414 g/mol. The molecule has 3 aromatic carbocycles. The molecule has 0 amide bonds. The van der Waals surface area contributed by atoms with E-state index in [0.717, 1.165) is 32.9 Å². The molecule has 0 saturated heterocycles. The highest BCUT2D eigenvalue weighted by atomic mass is 32.2. The molecular formula is C28H23NO2S. The number of hydrogen-bond acceptors (Lipinski definition) is 3. The molecule has 0 radical (unpaired) electrons. The quantitative estimate of drug-likeness (QED) is 0.325. The lowest BCUT2D eigenvalue weighted by molar-refractivity contribution is -0.111. The average Bonchev–Trinajstić information content (AvgIpc) is 3.24. The molecule has 1 aromatic heterocycles. The summed E-state index contributed by atoms with van der Waals surface area (Å²) in [7, 11) is 0. The number of hydrogen-bond donors (Lipinski definition) is 0. The zero-order valence-corrected chi connectivity index (χ0v) is 18.8. The smallest absolute Gasteiger partial charge is 0.235 e. The van der Waals surface area contributed by atoms with Crippen LogP contribution in [0.3, 0.4) is 0 Å². The van der Waals surface area contributed by atoms with Crippen molar-refractivity contribution in [3.05, 3.63) is 120 Å². The van der Waals surface area contributed by atoms with E-state index in [2.05, 4.69) is 0 Å². The van der Waals surface area contributed by atoms with Crippen LogP contribution < -0.4 is 0 Å². The first-order chi connectivity index (χ1) is 15.7. The number of carbonyl (C=O) groups excluding carboxylic acids is 2. The zero-order chi connectivity index (χ0) is 22.5. The third-order valence-electron chi connectivity index (χ3n) is 5.07. The summed E-state index contributed by atoms with van der Waals surface area (Å²) in [5.74, 6) is -0.947. The van der Waals surface area contributed by atoms with Gasteiger partial charge in [0.2, 0.25) is 11.6 Å². The van der Waals surface area contributed by atoms with Crippen LogP contribution in [-0.4, -0.2) is 15.5 Å². The molecule has 0 fully saturated rings.